The molecule has 0 aromatic heterocycles. The number of rotatable bonds is 4. The maximum Gasteiger partial charge on any atom is 0.265 e. The van der Waals surface area contributed by atoms with Gasteiger partial charge in [-0.05, 0) is 62.7 Å². The van der Waals surface area contributed by atoms with Gasteiger partial charge in [0.1, 0.15) is 11.8 Å². The number of ether oxygens (including phenoxy) is 1. The minimum absolute atomic E-state index is 0.135. The molecule has 0 fully saturated rings. The molecule has 3 rings (SSSR count). The summed E-state index contributed by atoms with van der Waals surface area (Å²) in [5.74, 6) is -0.375. The van der Waals surface area contributed by atoms with Crippen LogP contribution >= 0.6 is 11.6 Å². The van der Waals surface area contributed by atoms with Crippen molar-refractivity contribution < 1.29 is 19.1 Å². The molecule has 27 heavy (non-hydrogen) atoms. The van der Waals surface area contributed by atoms with E-state index in [-0.39, 0.29) is 24.2 Å². The molecule has 0 saturated heterocycles. The summed E-state index contributed by atoms with van der Waals surface area (Å²) in [6, 6.07) is 9.20. The van der Waals surface area contributed by atoms with Gasteiger partial charge in [0.15, 0.2) is 12.4 Å². The van der Waals surface area contributed by atoms with Gasteiger partial charge in [0.25, 0.3) is 5.91 Å². The van der Waals surface area contributed by atoms with Crippen LogP contribution in [0.15, 0.2) is 36.4 Å². The number of hydrogen-bond acceptors (Lipinski definition) is 4. The van der Waals surface area contributed by atoms with Crippen molar-refractivity contribution in [1.29, 1.82) is 0 Å². The van der Waals surface area contributed by atoms with E-state index in [1.54, 1.807) is 43.3 Å². The number of halogens is 1. The van der Waals surface area contributed by atoms with Crippen LogP contribution in [0.3, 0.4) is 0 Å². The number of ketones is 1. The molecular formula is C20H19ClN2O4. The van der Waals surface area contributed by atoms with Gasteiger partial charge in [-0.15, -0.1) is 0 Å². The molecule has 1 aliphatic heterocycles. The Morgan fingerprint density at radius 1 is 1.22 bits per heavy atom. The Kier molecular flexibility index (Phi) is 5.19. The summed E-state index contributed by atoms with van der Waals surface area (Å²) < 4.78 is 5.43. The Bertz CT molecular complexity index is 942. The van der Waals surface area contributed by atoms with Crippen LogP contribution in [0.5, 0.6) is 5.75 Å². The Balaban J connectivity index is 1.90. The van der Waals surface area contributed by atoms with Gasteiger partial charge >= 0.3 is 0 Å². The normalized spacial score (nSPS) is 14.2. The van der Waals surface area contributed by atoms with Crippen molar-refractivity contribution in [1.82, 2.24) is 0 Å². The molecule has 0 radical (unpaired) electrons. The van der Waals surface area contributed by atoms with Gasteiger partial charge in [-0.3, -0.25) is 19.3 Å². The predicted molar refractivity (Wildman–Crippen MR) is 104 cm³/mol. The highest BCUT2D eigenvalue weighted by Crippen LogP contribution is 2.34. The first-order valence-electron chi connectivity index (χ1n) is 8.45. The van der Waals surface area contributed by atoms with E-state index >= 15 is 0 Å². The van der Waals surface area contributed by atoms with Gasteiger partial charge in [0, 0.05) is 16.3 Å². The molecule has 1 unspecified atom stereocenters. The quantitative estimate of drug-likeness (QED) is 0.814. The minimum Gasteiger partial charge on any atom is -0.482 e. The summed E-state index contributed by atoms with van der Waals surface area (Å²) >= 11 is 5.95. The van der Waals surface area contributed by atoms with Crippen LogP contribution in [0.2, 0.25) is 5.02 Å². The SMILES string of the molecule is CC(=O)c1ccc2c(c1)N(C(C)C(=O)Nc1ccc(Cl)cc1C)C(=O)CO2. The average Bonchev–Trinajstić information content (AvgIpc) is 2.62. The van der Waals surface area contributed by atoms with Crippen LogP contribution < -0.4 is 15.0 Å². The predicted octanol–water partition coefficient (Wildman–Crippen LogP) is 3.60. The molecule has 1 aliphatic rings. The molecule has 1 atom stereocenters. The molecule has 1 N–H and O–H groups in total. The average molecular weight is 387 g/mol. The smallest absolute Gasteiger partial charge is 0.265 e. The van der Waals surface area contributed by atoms with E-state index in [9.17, 15) is 14.4 Å². The molecule has 0 bridgehead atoms. The van der Waals surface area contributed by atoms with E-state index in [1.165, 1.54) is 11.8 Å². The largest absolute Gasteiger partial charge is 0.482 e. The van der Waals surface area contributed by atoms with E-state index in [2.05, 4.69) is 5.32 Å². The maximum absolute atomic E-state index is 12.8. The maximum atomic E-state index is 12.8. The number of hydrogen-bond donors (Lipinski definition) is 1. The Labute approximate surface area is 162 Å². The van der Waals surface area contributed by atoms with Gasteiger partial charge in [0.2, 0.25) is 5.91 Å². The van der Waals surface area contributed by atoms with Gasteiger partial charge in [-0.1, -0.05) is 11.6 Å². The number of carbonyl (C=O) groups is 3. The van der Waals surface area contributed by atoms with Gasteiger partial charge in [-0.2, -0.15) is 0 Å². The number of anilines is 2. The second kappa shape index (κ2) is 7.40. The number of amides is 2. The van der Waals surface area contributed by atoms with Crippen LogP contribution in [0, 0.1) is 6.92 Å². The van der Waals surface area contributed by atoms with E-state index in [1.807, 2.05) is 6.92 Å². The Hall–Kier alpha value is -2.86. The van der Waals surface area contributed by atoms with Crippen molar-refractivity contribution in [3.63, 3.8) is 0 Å². The topological polar surface area (TPSA) is 75.7 Å². The zero-order valence-corrected chi connectivity index (χ0v) is 16.0. The number of nitrogens with zero attached hydrogens (tertiary/aromatic N) is 1. The van der Waals surface area contributed by atoms with E-state index in [0.29, 0.717) is 27.7 Å². The molecule has 1 heterocycles. The number of Topliss-reactive ketones (excluding diaryl/α,β-unsaturated/α-hetero) is 1. The molecular weight excluding hydrogens is 368 g/mol. The fourth-order valence-corrected chi connectivity index (χ4v) is 3.16. The Morgan fingerprint density at radius 3 is 2.63 bits per heavy atom. The monoisotopic (exact) mass is 386 g/mol. The highest BCUT2D eigenvalue weighted by atomic mass is 35.5. The molecule has 7 heteroatoms. The lowest BCUT2D eigenvalue weighted by Crippen LogP contribution is -2.49. The van der Waals surface area contributed by atoms with Crippen molar-refractivity contribution in [2.75, 3.05) is 16.8 Å². The third kappa shape index (κ3) is 3.80. The highest BCUT2D eigenvalue weighted by molar-refractivity contribution is 6.30. The molecule has 6 nitrogen and oxygen atoms in total. The molecule has 0 spiro atoms. The zero-order valence-electron chi connectivity index (χ0n) is 15.2. The van der Waals surface area contributed by atoms with Crippen LogP contribution in [-0.2, 0) is 9.59 Å². The third-order valence-electron chi connectivity index (χ3n) is 4.46. The standard InChI is InChI=1S/C20H19ClN2O4/c1-11-8-15(21)5-6-16(11)22-20(26)12(2)23-17-9-14(13(3)24)4-7-18(17)27-10-19(23)25/h4-9,12H,10H2,1-3H3,(H,22,26). The summed E-state index contributed by atoms with van der Waals surface area (Å²) in [6.07, 6.45) is 0. The zero-order chi connectivity index (χ0) is 19.7. The second-order valence-corrected chi connectivity index (χ2v) is 6.85. The fraction of sp³-hybridized carbons (Fsp3) is 0.250. The molecule has 0 saturated carbocycles. The summed E-state index contributed by atoms with van der Waals surface area (Å²) in [5, 5.41) is 3.40. The first-order chi connectivity index (χ1) is 12.8. The van der Waals surface area contributed by atoms with Crippen LogP contribution in [0.25, 0.3) is 0 Å². The number of nitrogens with one attached hydrogen (secondary N) is 1. The minimum atomic E-state index is -0.794. The Morgan fingerprint density at radius 2 is 1.96 bits per heavy atom. The van der Waals surface area contributed by atoms with Crippen molar-refractivity contribution in [2.24, 2.45) is 0 Å². The summed E-state index contributed by atoms with van der Waals surface area (Å²) in [5.41, 5.74) is 2.29. The van der Waals surface area contributed by atoms with Gasteiger partial charge < -0.3 is 10.1 Å². The van der Waals surface area contributed by atoms with E-state index < -0.39 is 6.04 Å². The number of aryl methyl sites for hydroxylation is 1. The molecule has 2 aromatic rings. The lowest BCUT2D eigenvalue weighted by atomic mass is 10.1. The first kappa shape index (κ1) is 18.9. The number of fused-ring (bicyclic) bond motifs is 1. The molecule has 2 aromatic carbocycles. The third-order valence-corrected chi connectivity index (χ3v) is 4.69. The summed E-state index contributed by atoms with van der Waals surface area (Å²) in [7, 11) is 0. The fourth-order valence-electron chi connectivity index (χ4n) is 2.94. The van der Waals surface area contributed by atoms with Crippen molar-refractivity contribution >= 4 is 40.6 Å². The van der Waals surface area contributed by atoms with Gasteiger partial charge in [0.05, 0.1) is 5.69 Å². The molecule has 2 amide bonds. The van der Waals surface area contributed by atoms with Gasteiger partial charge in [-0.25, -0.2) is 0 Å². The van der Waals surface area contributed by atoms with E-state index in [4.69, 9.17) is 16.3 Å². The molecule has 140 valence electrons. The number of carbonyl (C=O) groups excluding carboxylic acids is 3. The highest BCUT2D eigenvalue weighted by Gasteiger charge is 2.33. The van der Waals surface area contributed by atoms with Crippen LogP contribution in [-0.4, -0.2) is 30.2 Å². The summed E-state index contributed by atoms with van der Waals surface area (Å²) in [4.78, 5) is 38.3. The van der Waals surface area contributed by atoms with E-state index in [0.717, 1.165) is 5.56 Å². The van der Waals surface area contributed by atoms with Crippen molar-refractivity contribution in [3.05, 3.63) is 52.5 Å². The molecule has 0 aliphatic carbocycles. The van der Waals surface area contributed by atoms with Crippen molar-refractivity contribution in [3.8, 4) is 5.75 Å². The van der Waals surface area contributed by atoms with Crippen molar-refractivity contribution in [2.45, 2.75) is 26.8 Å². The first-order valence-corrected chi connectivity index (χ1v) is 8.82. The lowest BCUT2D eigenvalue weighted by molar-refractivity contribution is -0.125. The summed E-state index contributed by atoms with van der Waals surface area (Å²) in [6.45, 7) is 4.75. The number of benzene rings is 2. The van der Waals surface area contributed by atoms with Crippen LogP contribution in [0.4, 0.5) is 11.4 Å². The second-order valence-electron chi connectivity index (χ2n) is 6.42. The van der Waals surface area contributed by atoms with Crippen LogP contribution in [0.1, 0.15) is 29.8 Å². The lowest BCUT2D eigenvalue weighted by Gasteiger charge is -2.33.